The molecule has 3 heteroatoms. The van der Waals surface area contributed by atoms with Crippen LogP contribution in [0.1, 0.15) is 37.7 Å². The average Bonchev–Trinajstić information content (AvgIpc) is 2.34. The zero-order chi connectivity index (χ0) is 13.0. The van der Waals surface area contributed by atoms with Gasteiger partial charge in [-0.15, -0.1) is 0 Å². The first-order chi connectivity index (χ1) is 8.65. The predicted molar refractivity (Wildman–Crippen MR) is 81.5 cm³/mol. The van der Waals surface area contributed by atoms with Crippen molar-refractivity contribution in [1.29, 1.82) is 0 Å². The SMILES string of the molecule is CN(Cc1ccc(Br)cc1N)CC1CCCCC1. The van der Waals surface area contributed by atoms with Crippen molar-refractivity contribution in [3.63, 3.8) is 0 Å². The Kier molecular flexibility index (Phi) is 5.07. The van der Waals surface area contributed by atoms with Crippen molar-refractivity contribution in [2.75, 3.05) is 19.3 Å². The van der Waals surface area contributed by atoms with Crippen LogP contribution in [-0.4, -0.2) is 18.5 Å². The Morgan fingerprint density at radius 1 is 1.28 bits per heavy atom. The second-order valence-corrected chi connectivity index (χ2v) is 6.46. The highest BCUT2D eigenvalue weighted by Gasteiger charge is 2.15. The maximum Gasteiger partial charge on any atom is 0.0371 e. The number of nitrogens with zero attached hydrogens (tertiary/aromatic N) is 1. The highest BCUT2D eigenvalue weighted by Crippen LogP contribution is 2.25. The predicted octanol–water partition coefficient (Wildman–Crippen LogP) is 4.04. The summed E-state index contributed by atoms with van der Waals surface area (Å²) in [5.41, 5.74) is 8.17. The van der Waals surface area contributed by atoms with E-state index in [-0.39, 0.29) is 0 Å². The Hall–Kier alpha value is -0.540. The lowest BCUT2D eigenvalue weighted by atomic mass is 9.89. The van der Waals surface area contributed by atoms with E-state index in [1.165, 1.54) is 44.2 Å². The van der Waals surface area contributed by atoms with Crippen LogP contribution in [-0.2, 0) is 6.54 Å². The quantitative estimate of drug-likeness (QED) is 0.850. The molecule has 2 rings (SSSR count). The average molecular weight is 311 g/mol. The molecular formula is C15H23BrN2. The molecule has 0 heterocycles. The van der Waals surface area contributed by atoms with Gasteiger partial charge < -0.3 is 10.6 Å². The topological polar surface area (TPSA) is 29.3 Å². The van der Waals surface area contributed by atoms with Gasteiger partial charge in [-0.2, -0.15) is 0 Å². The number of anilines is 1. The van der Waals surface area contributed by atoms with E-state index in [1.807, 2.05) is 6.07 Å². The minimum atomic E-state index is 0.889. The number of halogens is 1. The smallest absolute Gasteiger partial charge is 0.0371 e. The fourth-order valence-electron chi connectivity index (χ4n) is 2.88. The molecule has 0 aromatic heterocycles. The van der Waals surface area contributed by atoms with Crippen molar-refractivity contribution >= 4 is 21.6 Å². The maximum absolute atomic E-state index is 6.05. The Morgan fingerprint density at radius 2 is 2.00 bits per heavy atom. The number of nitrogen functional groups attached to an aromatic ring is 1. The van der Waals surface area contributed by atoms with Crippen molar-refractivity contribution in [1.82, 2.24) is 4.90 Å². The molecule has 0 amide bonds. The van der Waals surface area contributed by atoms with E-state index in [9.17, 15) is 0 Å². The third kappa shape index (κ3) is 3.99. The van der Waals surface area contributed by atoms with Gasteiger partial charge in [-0.3, -0.25) is 0 Å². The van der Waals surface area contributed by atoms with Gasteiger partial charge in [0.15, 0.2) is 0 Å². The molecule has 0 bridgehead atoms. The Labute approximate surface area is 119 Å². The van der Waals surface area contributed by atoms with Crippen molar-refractivity contribution in [3.05, 3.63) is 28.2 Å². The zero-order valence-corrected chi connectivity index (χ0v) is 12.7. The van der Waals surface area contributed by atoms with E-state index >= 15 is 0 Å². The van der Waals surface area contributed by atoms with E-state index in [1.54, 1.807) is 0 Å². The van der Waals surface area contributed by atoms with Crippen LogP contribution < -0.4 is 5.73 Å². The summed E-state index contributed by atoms with van der Waals surface area (Å²) in [4.78, 5) is 2.41. The molecule has 0 aliphatic heterocycles. The molecule has 2 N–H and O–H groups in total. The Morgan fingerprint density at radius 3 is 2.67 bits per heavy atom. The number of benzene rings is 1. The number of nitrogens with two attached hydrogens (primary N) is 1. The molecule has 1 saturated carbocycles. The highest BCUT2D eigenvalue weighted by molar-refractivity contribution is 9.10. The molecule has 0 atom stereocenters. The summed E-state index contributed by atoms with van der Waals surface area (Å²) in [7, 11) is 2.20. The van der Waals surface area contributed by atoms with E-state index in [4.69, 9.17) is 5.73 Å². The molecule has 1 aromatic rings. The molecule has 100 valence electrons. The van der Waals surface area contributed by atoms with Crippen molar-refractivity contribution in [2.45, 2.75) is 38.6 Å². The largest absolute Gasteiger partial charge is 0.398 e. The van der Waals surface area contributed by atoms with Crippen LogP contribution in [0.5, 0.6) is 0 Å². The van der Waals surface area contributed by atoms with Crippen molar-refractivity contribution in [2.24, 2.45) is 5.92 Å². The van der Waals surface area contributed by atoms with E-state index in [0.717, 1.165) is 22.6 Å². The number of hydrogen-bond acceptors (Lipinski definition) is 2. The molecule has 1 aliphatic rings. The van der Waals surface area contributed by atoms with Crippen LogP contribution in [0.3, 0.4) is 0 Å². The first-order valence-electron chi connectivity index (χ1n) is 6.87. The highest BCUT2D eigenvalue weighted by atomic mass is 79.9. The molecule has 1 fully saturated rings. The maximum atomic E-state index is 6.05. The summed E-state index contributed by atoms with van der Waals surface area (Å²) in [6, 6.07) is 6.18. The van der Waals surface area contributed by atoms with Gasteiger partial charge in [0.05, 0.1) is 0 Å². The van der Waals surface area contributed by atoms with E-state index in [0.29, 0.717) is 0 Å². The summed E-state index contributed by atoms with van der Waals surface area (Å²) in [6.45, 7) is 2.16. The summed E-state index contributed by atoms with van der Waals surface area (Å²) >= 11 is 3.45. The van der Waals surface area contributed by atoms with Crippen LogP contribution in [0, 0.1) is 5.92 Å². The van der Waals surface area contributed by atoms with E-state index in [2.05, 4.69) is 40.0 Å². The van der Waals surface area contributed by atoms with Gasteiger partial charge in [-0.1, -0.05) is 41.3 Å². The van der Waals surface area contributed by atoms with Gasteiger partial charge in [-0.05, 0) is 43.5 Å². The van der Waals surface area contributed by atoms with Gasteiger partial charge in [0, 0.05) is 23.2 Å². The van der Waals surface area contributed by atoms with Gasteiger partial charge >= 0.3 is 0 Å². The number of hydrogen-bond donors (Lipinski definition) is 1. The summed E-state index contributed by atoms with van der Waals surface area (Å²) in [6.07, 6.45) is 7.07. The Bertz CT molecular complexity index is 386. The normalized spacial score (nSPS) is 17.3. The van der Waals surface area contributed by atoms with Gasteiger partial charge in [0.1, 0.15) is 0 Å². The van der Waals surface area contributed by atoms with E-state index < -0.39 is 0 Å². The molecular weight excluding hydrogens is 288 g/mol. The minimum Gasteiger partial charge on any atom is -0.398 e. The monoisotopic (exact) mass is 310 g/mol. The molecule has 0 unspecified atom stereocenters. The first-order valence-corrected chi connectivity index (χ1v) is 7.67. The summed E-state index contributed by atoms with van der Waals surface area (Å²) < 4.78 is 1.05. The molecule has 0 saturated heterocycles. The van der Waals surface area contributed by atoms with Crippen LogP contribution in [0.25, 0.3) is 0 Å². The van der Waals surface area contributed by atoms with Crippen molar-refractivity contribution < 1.29 is 0 Å². The lowest BCUT2D eigenvalue weighted by Crippen LogP contribution is -2.27. The van der Waals surface area contributed by atoms with Crippen LogP contribution in [0.2, 0.25) is 0 Å². The fraction of sp³-hybridized carbons (Fsp3) is 0.600. The van der Waals surface area contributed by atoms with Gasteiger partial charge in [-0.25, -0.2) is 0 Å². The summed E-state index contributed by atoms with van der Waals surface area (Å²) in [5, 5.41) is 0. The second kappa shape index (κ2) is 6.58. The molecule has 1 aromatic carbocycles. The third-order valence-corrected chi connectivity index (χ3v) is 4.34. The molecule has 0 spiro atoms. The molecule has 18 heavy (non-hydrogen) atoms. The van der Waals surface area contributed by atoms with Crippen LogP contribution >= 0.6 is 15.9 Å². The second-order valence-electron chi connectivity index (χ2n) is 5.54. The van der Waals surface area contributed by atoms with Crippen molar-refractivity contribution in [3.8, 4) is 0 Å². The molecule has 2 nitrogen and oxygen atoms in total. The van der Waals surface area contributed by atoms with Crippen LogP contribution in [0.15, 0.2) is 22.7 Å². The molecule has 1 aliphatic carbocycles. The standard InChI is InChI=1S/C15H23BrN2/c1-18(10-12-5-3-2-4-6-12)11-13-7-8-14(16)9-15(13)17/h7-9,12H,2-6,10-11,17H2,1H3. The first kappa shape index (κ1) is 13.9. The van der Waals surface area contributed by atoms with Gasteiger partial charge in [0.2, 0.25) is 0 Å². The minimum absolute atomic E-state index is 0.889. The van der Waals surface area contributed by atoms with Gasteiger partial charge in [0.25, 0.3) is 0 Å². The summed E-state index contributed by atoms with van der Waals surface area (Å²) in [5.74, 6) is 0.889. The van der Waals surface area contributed by atoms with Crippen LogP contribution in [0.4, 0.5) is 5.69 Å². The lowest BCUT2D eigenvalue weighted by Gasteiger charge is -2.27. The zero-order valence-electron chi connectivity index (χ0n) is 11.2. The number of rotatable bonds is 4. The lowest BCUT2D eigenvalue weighted by molar-refractivity contribution is 0.228. The Balaban J connectivity index is 1.87. The fourth-order valence-corrected chi connectivity index (χ4v) is 3.25. The molecule has 0 radical (unpaired) electrons. The third-order valence-electron chi connectivity index (χ3n) is 3.84.